The zero-order chi connectivity index (χ0) is 50.6. The van der Waals surface area contributed by atoms with E-state index in [0.717, 1.165) is 28.5 Å². The number of halogens is 1. The summed E-state index contributed by atoms with van der Waals surface area (Å²) in [6.45, 7) is 0.148. The Balaban J connectivity index is 0.755. The lowest BCUT2D eigenvalue weighted by molar-refractivity contribution is -0.172. The molecule has 0 spiro atoms. The van der Waals surface area contributed by atoms with Crippen molar-refractivity contribution >= 4 is 83.5 Å². The first kappa shape index (κ1) is 48.0. The molecule has 6 aromatic rings. The van der Waals surface area contributed by atoms with Crippen molar-refractivity contribution in [3.63, 3.8) is 0 Å². The first-order valence-electron chi connectivity index (χ1n) is 23.1. The number of nitrogens with one attached hydrogen (secondary N) is 5. The van der Waals surface area contributed by atoms with Crippen LogP contribution in [0, 0.1) is 5.82 Å². The van der Waals surface area contributed by atoms with Gasteiger partial charge >= 0.3 is 5.97 Å². The second-order valence-electron chi connectivity index (χ2n) is 17.9. The molecule has 0 bridgehead atoms. The lowest BCUT2D eigenvalue weighted by Gasteiger charge is -2.31. The second-order valence-corrected chi connectivity index (χ2v) is 21.3. The Hall–Kier alpha value is -7.63. The number of aromatic nitrogens is 3. The zero-order valence-electron chi connectivity index (χ0n) is 38.4. The molecule has 5 amide bonds. The van der Waals surface area contributed by atoms with Gasteiger partial charge in [0.1, 0.15) is 18.5 Å². The number of amides is 5. The summed E-state index contributed by atoms with van der Waals surface area (Å²) in [5, 5.41) is 24.1. The molecule has 0 radical (unpaired) electrons. The Kier molecular flexibility index (Phi) is 12.6. The number of esters is 1. The minimum Gasteiger partial charge on any atom is -0.490 e. The van der Waals surface area contributed by atoms with Gasteiger partial charge < -0.3 is 45.7 Å². The van der Waals surface area contributed by atoms with Crippen LogP contribution in [0.3, 0.4) is 0 Å². The van der Waals surface area contributed by atoms with E-state index in [0.29, 0.717) is 63.3 Å². The van der Waals surface area contributed by atoms with Crippen molar-refractivity contribution in [3.8, 4) is 17.1 Å². The topological polar surface area (TPSA) is 283 Å². The van der Waals surface area contributed by atoms with E-state index in [1.165, 1.54) is 6.07 Å². The lowest BCUT2D eigenvalue weighted by atomic mass is 9.86. The van der Waals surface area contributed by atoms with Crippen LogP contribution in [-0.2, 0) is 81.4 Å². The van der Waals surface area contributed by atoms with Gasteiger partial charge in [-0.2, -0.15) is 0 Å². The number of cyclic esters (lactones) is 1. The van der Waals surface area contributed by atoms with Gasteiger partial charge in [0, 0.05) is 35.4 Å². The summed E-state index contributed by atoms with van der Waals surface area (Å²) < 4.78 is 53.3. The van der Waals surface area contributed by atoms with E-state index >= 15 is 0 Å². The average molecular weight is 1020 g/mol. The molecule has 1 aliphatic carbocycles. The van der Waals surface area contributed by atoms with Gasteiger partial charge in [0.15, 0.2) is 11.4 Å². The van der Waals surface area contributed by atoms with Gasteiger partial charge in [-0.3, -0.25) is 28.8 Å². The zero-order valence-corrected chi connectivity index (χ0v) is 40.0. The van der Waals surface area contributed by atoms with Gasteiger partial charge in [0.25, 0.3) is 5.56 Å². The summed E-state index contributed by atoms with van der Waals surface area (Å²) in [6.07, 6.45) is 1.14. The highest BCUT2D eigenvalue weighted by Gasteiger charge is 2.46. The number of hydrogen-bond donors (Lipinski definition) is 6. The number of carbonyl (C=O) groups excluding carboxylic acids is 6. The van der Waals surface area contributed by atoms with Gasteiger partial charge in [0.05, 0.1) is 82.8 Å². The van der Waals surface area contributed by atoms with Crippen LogP contribution < -0.4 is 36.9 Å². The van der Waals surface area contributed by atoms with E-state index < -0.39 is 99.7 Å². The number of pyridine rings is 2. The minimum absolute atomic E-state index is 0.00587. The normalized spacial score (nSPS) is 16.9. The molecule has 0 unspecified atom stereocenters. The fraction of sp³-hybridized carbons (Fsp3) is 0.327. The van der Waals surface area contributed by atoms with Crippen molar-refractivity contribution in [1.29, 1.82) is 0 Å². The van der Waals surface area contributed by atoms with E-state index in [4.69, 9.17) is 14.5 Å². The summed E-state index contributed by atoms with van der Waals surface area (Å²) >= 11 is 0.900. The Morgan fingerprint density at radius 1 is 0.889 bits per heavy atom. The van der Waals surface area contributed by atoms with Crippen molar-refractivity contribution < 1.29 is 56.2 Å². The van der Waals surface area contributed by atoms with Crippen LogP contribution >= 0.6 is 11.3 Å². The predicted octanol–water partition coefficient (Wildman–Crippen LogP) is 1.96. The van der Waals surface area contributed by atoms with Crippen molar-refractivity contribution in [2.24, 2.45) is 0 Å². The van der Waals surface area contributed by atoms with E-state index in [-0.39, 0.29) is 59.1 Å². The third kappa shape index (κ3) is 9.02. The summed E-state index contributed by atoms with van der Waals surface area (Å²) in [5.74, 6) is -4.77. The molecule has 1 saturated carbocycles. The maximum Gasteiger partial charge on any atom is 0.343 e. The van der Waals surface area contributed by atoms with E-state index in [9.17, 15) is 51.5 Å². The number of rotatable bonds is 16. The Labute approximate surface area is 412 Å². The number of ether oxygens (including phenoxy) is 2. The summed E-state index contributed by atoms with van der Waals surface area (Å²) in [4.78, 5) is 101. The van der Waals surface area contributed by atoms with Gasteiger partial charge in [-0.25, -0.2) is 27.6 Å². The van der Waals surface area contributed by atoms with Crippen LogP contribution in [0.15, 0.2) is 69.8 Å². The quantitative estimate of drug-likeness (QED) is 0.0756. The minimum atomic E-state index is -3.59. The monoisotopic (exact) mass is 1020 g/mol. The van der Waals surface area contributed by atoms with E-state index in [1.54, 1.807) is 60.0 Å². The highest BCUT2D eigenvalue weighted by atomic mass is 32.2. The molecule has 0 saturated heterocycles. The van der Waals surface area contributed by atoms with Gasteiger partial charge in [-0.05, 0) is 60.2 Å². The number of nitrogens with zero attached hydrogens (tertiary/aromatic N) is 3. The molecular formula is C49H45FN8O12S2. The third-order valence-corrected chi connectivity index (χ3v) is 16.8. The average Bonchev–Trinajstić information content (AvgIpc) is 4.06. The molecule has 372 valence electrons. The lowest BCUT2D eigenvalue weighted by Crippen LogP contribution is -2.52. The number of hydrogen-bond acceptors (Lipinski definition) is 15. The Morgan fingerprint density at radius 3 is 2.40 bits per heavy atom. The molecule has 23 heteroatoms. The molecule has 3 aromatic heterocycles. The van der Waals surface area contributed by atoms with Gasteiger partial charge in [-0.1, -0.05) is 37.3 Å². The van der Waals surface area contributed by atoms with Crippen molar-refractivity contribution in [2.75, 3.05) is 31.6 Å². The summed E-state index contributed by atoms with van der Waals surface area (Å²) in [5.41, 5.74) is 2.31. The number of anilines is 1. The Bertz CT molecular complexity index is 3490. The number of sulfone groups is 1. The highest BCUT2D eigenvalue weighted by molar-refractivity contribution is 7.94. The molecule has 72 heavy (non-hydrogen) atoms. The standard InChI is InChI=1S/C49H45FN8O12S2/c1-2-49(66)30-17-36-43-28(22-58(36)46(64)29(30)23-70-47(49)65)27-12-13-69-44-33(11-10-32(56-43)42(27)44)54-41(62)21-53-45(63)35(14-24-6-4-3-5-7-24)55-40(61)20-52-39(60)19-51-38(59)16-25-15-37-34(18-31(25)50)57-48(71-37)72(67,68)26-8-9-26/h3-7,10-11,15,17-18,26,35,66H,2,8-9,12-14,16,19-23H2,1H3,(H,51,59)(H,52,60)(H,53,63)(H,54,62)(H,55,61)/t35-,49-/m0/s1. The summed E-state index contributed by atoms with van der Waals surface area (Å²) in [7, 11) is -3.59. The maximum absolute atomic E-state index is 14.9. The highest BCUT2D eigenvalue weighted by Crippen LogP contribution is 2.45. The third-order valence-electron chi connectivity index (χ3n) is 13.1. The summed E-state index contributed by atoms with van der Waals surface area (Å²) in [6, 6.07) is 15.0. The second kappa shape index (κ2) is 18.8. The van der Waals surface area contributed by atoms with Crippen LogP contribution in [0.25, 0.3) is 32.5 Å². The SMILES string of the molecule is CC[C@@]1(O)C(=O)OCc2c1cc1n(c2=O)Cc2c-1nc1ccc(NC(=O)CNC(=O)[C@H](Cc3ccccc3)NC(=O)CNC(=O)CNC(=O)Cc3cc4sc(S(=O)(=O)C5CC5)nc4cc3F)c3c1c2CCO3. The smallest absolute Gasteiger partial charge is 0.343 e. The molecule has 4 aliphatic rings. The number of carbonyl (C=O) groups is 6. The molecule has 10 rings (SSSR count). The number of thiazole rings is 1. The fourth-order valence-corrected chi connectivity index (χ4v) is 12.4. The molecule has 3 aromatic carbocycles. The molecular weight excluding hydrogens is 976 g/mol. The van der Waals surface area contributed by atoms with Gasteiger partial charge in [-0.15, -0.1) is 11.3 Å². The molecule has 6 N–H and O–H groups in total. The van der Waals surface area contributed by atoms with Crippen LogP contribution in [0.2, 0.25) is 0 Å². The van der Waals surface area contributed by atoms with E-state index in [1.807, 2.05) is 0 Å². The van der Waals surface area contributed by atoms with Crippen LogP contribution in [-0.4, -0.2) is 101 Å². The molecule has 2 atom stereocenters. The number of aliphatic hydroxyl groups is 1. The Morgan fingerprint density at radius 2 is 1.64 bits per heavy atom. The maximum atomic E-state index is 14.9. The largest absolute Gasteiger partial charge is 0.490 e. The molecule has 3 aliphatic heterocycles. The molecule has 1 fully saturated rings. The van der Waals surface area contributed by atoms with Crippen LogP contribution in [0.4, 0.5) is 10.1 Å². The number of fused-ring (bicyclic) bond motifs is 6. The van der Waals surface area contributed by atoms with Crippen molar-refractivity contribution in [2.45, 2.75) is 79.8 Å². The first-order chi connectivity index (χ1) is 34.5. The van der Waals surface area contributed by atoms with Crippen LogP contribution in [0.1, 0.15) is 59.6 Å². The van der Waals surface area contributed by atoms with Crippen LogP contribution in [0.5, 0.6) is 5.75 Å². The molecule has 6 heterocycles. The predicted molar refractivity (Wildman–Crippen MR) is 257 cm³/mol. The molecule has 20 nitrogen and oxygen atoms in total. The first-order valence-corrected chi connectivity index (χ1v) is 25.4. The van der Waals surface area contributed by atoms with Crippen molar-refractivity contribution in [3.05, 3.63) is 110 Å². The van der Waals surface area contributed by atoms with Gasteiger partial charge in [0.2, 0.25) is 43.7 Å². The fourth-order valence-electron chi connectivity index (χ4n) is 9.20. The van der Waals surface area contributed by atoms with E-state index in [2.05, 4.69) is 31.6 Å². The number of benzene rings is 3. The van der Waals surface area contributed by atoms with Crippen molar-refractivity contribution in [1.82, 2.24) is 35.8 Å².